The molecule has 1 aliphatic heterocycles. The Bertz CT molecular complexity index is 1180. The van der Waals surface area contributed by atoms with Crippen molar-refractivity contribution in [2.45, 2.75) is 37.0 Å². The number of halogens is 1. The van der Waals surface area contributed by atoms with Crippen LogP contribution in [-0.4, -0.2) is 24.1 Å². The Morgan fingerprint density at radius 2 is 1.83 bits per heavy atom. The van der Waals surface area contributed by atoms with Gasteiger partial charge in [-0.05, 0) is 68.0 Å². The smallest absolute Gasteiger partial charge is 0.549 e. The predicted molar refractivity (Wildman–Crippen MR) is 131 cm³/mol. The average molecular weight is 519 g/mol. The van der Waals surface area contributed by atoms with Gasteiger partial charge in [-0.1, -0.05) is 29.3 Å². The van der Waals surface area contributed by atoms with Crippen molar-refractivity contribution in [3.8, 4) is 17.2 Å². The Morgan fingerprint density at radius 1 is 1.11 bits per heavy atom. The number of Topliss-reactive ketones (excluding diaryl/α,β-unsaturated/α-hetero) is 1. The maximum absolute atomic E-state index is 12.5. The van der Waals surface area contributed by atoms with E-state index in [1.807, 2.05) is 0 Å². The number of carboxylic acids is 1. The number of ether oxygens (including phenoxy) is 2. The molecule has 4 rings (SSSR count). The van der Waals surface area contributed by atoms with Crippen molar-refractivity contribution < 1.29 is 53.7 Å². The van der Waals surface area contributed by atoms with Crippen molar-refractivity contribution >= 4 is 35.1 Å². The molecule has 0 saturated carbocycles. The minimum atomic E-state index is -1.15. The second kappa shape index (κ2) is 12.8. The Labute approximate surface area is 236 Å². The number of rotatable bonds is 9. The second-order valence-corrected chi connectivity index (χ2v) is 9.72. The van der Waals surface area contributed by atoms with Crippen molar-refractivity contribution in [3.63, 3.8) is 0 Å². The molecular weight excluding hydrogens is 495 g/mol. The maximum Gasteiger partial charge on any atom is 1.00 e. The van der Waals surface area contributed by atoms with E-state index in [0.717, 1.165) is 12.2 Å². The van der Waals surface area contributed by atoms with Gasteiger partial charge in [0.1, 0.15) is 17.2 Å². The molecule has 1 aliphatic rings. The van der Waals surface area contributed by atoms with Crippen LogP contribution in [0.4, 0.5) is 0 Å². The van der Waals surface area contributed by atoms with Gasteiger partial charge in [0.15, 0.2) is 5.78 Å². The summed E-state index contributed by atoms with van der Waals surface area (Å²) in [5.74, 6) is 0.361. The molecule has 8 heteroatoms. The Kier molecular flexibility index (Phi) is 10.1. The summed E-state index contributed by atoms with van der Waals surface area (Å²) >= 11 is 8.09. The quantitative estimate of drug-likeness (QED) is 0.188. The van der Waals surface area contributed by atoms with Crippen molar-refractivity contribution in [1.29, 1.82) is 0 Å². The van der Waals surface area contributed by atoms with Crippen LogP contribution < -0.4 is 44.1 Å². The Morgan fingerprint density at radius 3 is 2.51 bits per heavy atom. The monoisotopic (exact) mass is 518 g/mol. The van der Waals surface area contributed by atoms with Crippen LogP contribution in [0.2, 0.25) is 5.02 Å². The van der Waals surface area contributed by atoms with Gasteiger partial charge in [0.05, 0.1) is 11.6 Å². The van der Waals surface area contributed by atoms with Crippen LogP contribution in [0.1, 0.15) is 46.7 Å². The van der Waals surface area contributed by atoms with Gasteiger partial charge in [0, 0.05) is 40.4 Å². The van der Waals surface area contributed by atoms with Crippen LogP contribution in [-0.2, 0) is 4.79 Å². The van der Waals surface area contributed by atoms with Gasteiger partial charge < -0.3 is 19.4 Å². The number of carboxylic acid groups (broad SMARTS) is 1. The minimum absolute atomic E-state index is 0. The molecule has 1 atom stereocenters. The summed E-state index contributed by atoms with van der Waals surface area (Å²) in [6, 6.07) is 18.4. The third kappa shape index (κ3) is 7.28. The number of benzene rings is 3. The number of thioether (sulfide) groups is 1. The van der Waals surface area contributed by atoms with Crippen molar-refractivity contribution in [2.24, 2.45) is 0 Å². The summed E-state index contributed by atoms with van der Waals surface area (Å²) in [7, 11) is 0. The first-order valence-corrected chi connectivity index (χ1v) is 12.4. The molecule has 1 unspecified atom stereocenters. The van der Waals surface area contributed by atoms with Crippen LogP contribution in [0, 0.1) is 6.92 Å². The predicted octanol–water partition coefficient (Wildman–Crippen LogP) is 2.82. The SMILES string of the molecule is Cc1ccc(SCCCC(=O)c2ccc(Oc3cc4c(cc3Cl)C(C(=O)[O-])CCO4)cc2)cc1.[Na+]. The molecule has 3 aromatic rings. The molecule has 0 N–H and O–H groups in total. The first kappa shape index (κ1) is 27.6. The zero-order chi connectivity index (χ0) is 24.1. The van der Waals surface area contributed by atoms with Gasteiger partial charge in [0.2, 0.25) is 0 Å². The third-order valence-corrected chi connectivity index (χ3v) is 7.02. The zero-order valence-electron chi connectivity index (χ0n) is 19.7. The van der Waals surface area contributed by atoms with E-state index in [1.165, 1.54) is 10.5 Å². The maximum atomic E-state index is 12.5. The molecule has 3 aromatic carbocycles. The summed E-state index contributed by atoms with van der Waals surface area (Å²) in [6.07, 6.45) is 1.62. The van der Waals surface area contributed by atoms with Crippen LogP contribution >= 0.6 is 23.4 Å². The van der Waals surface area contributed by atoms with Crippen molar-refractivity contribution in [2.75, 3.05) is 12.4 Å². The fourth-order valence-corrected chi connectivity index (χ4v) is 4.81. The largest absolute Gasteiger partial charge is 1.00 e. The molecule has 0 fully saturated rings. The third-order valence-electron chi connectivity index (χ3n) is 5.63. The molecule has 0 amide bonds. The van der Waals surface area contributed by atoms with Gasteiger partial charge in [-0.15, -0.1) is 11.8 Å². The second-order valence-electron chi connectivity index (χ2n) is 8.14. The molecule has 35 heavy (non-hydrogen) atoms. The minimum Gasteiger partial charge on any atom is -0.549 e. The van der Waals surface area contributed by atoms with Gasteiger partial charge in [0.25, 0.3) is 0 Å². The summed E-state index contributed by atoms with van der Waals surface area (Å²) in [6.45, 7) is 2.35. The summed E-state index contributed by atoms with van der Waals surface area (Å²) in [4.78, 5) is 25.1. The molecule has 0 bridgehead atoms. The van der Waals surface area contributed by atoms with Crippen LogP contribution in [0.25, 0.3) is 0 Å². The first-order valence-electron chi connectivity index (χ1n) is 11.1. The van der Waals surface area contributed by atoms with E-state index in [2.05, 4.69) is 31.2 Å². The molecule has 0 saturated heterocycles. The van der Waals surface area contributed by atoms with E-state index in [0.29, 0.717) is 41.2 Å². The average Bonchev–Trinajstić information content (AvgIpc) is 2.83. The van der Waals surface area contributed by atoms with Gasteiger partial charge in [-0.3, -0.25) is 4.79 Å². The number of fused-ring (bicyclic) bond motifs is 1. The number of carbonyl (C=O) groups is 2. The topological polar surface area (TPSA) is 75.7 Å². The summed E-state index contributed by atoms with van der Waals surface area (Å²) in [5, 5.41) is 11.7. The molecule has 1 heterocycles. The molecule has 176 valence electrons. The fraction of sp³-hybridized carbons (Fsp3) is 0.259. The number of hydrogen-bond acceptors (Lipinski definition) is 6. The standard InChI is InChI=1S/C27H25ClO5S.Na/c1-17-4-10-20(11-5-17)34-14-2-3-24(29)18-6-8-19(9-7-18)33-26-16-25-22(15-23(26)28)21(27(30)31)12-13-32-25;/h4-11,15-16,21H,2-3,12-14H2,1H3,(H,30,31);/q;+1/p-1. The van der Waals surface area contributed by atoms with E-state index in [9.17, 15) is 14.7 Å². The molecule has 0 aromatic heterocycles. The Balaban J connectivity index is 0.00000342. The molecular formula is C27H24ClNaO5S. The van der Waals surface area contributed by atoms with Crippen molar-refractivity contribution in [3.05, 3.63) is 82.4 Å². The van der Waals surface area contributed by atoms with Crippen LogP contribution in [0.15, 0.2) is 65.6 Å². The van der Waals surface area contributed by atoms with Crippen molar-refractivity contribution in [1.82, 2.24) is 0 Å². The van der Waals surface area contributed by atoms with E-state index in [-0.39, 0.29) is 47.0 Å². The zero-order valence-corrected chi connectivity index (χ0v) is 23.3. The summed E-state index contributed by atoms with van der Waals surface area (Å²) in [5.41, 5.74) is 2.35. The number of aryl methyl sites for hydroxylation is 1. The van der Waals surface area contributed by atoms with E-state index in [1.54, 1.807) is 48.2 Å². The number of carbonyl (C=O) groups excluding carboxylic acids is 2. The van der Waals surface area contributed by atoms with Gasteiger partial charge in [-0.25, -0.2) is 0 Å². The molecule has 0 aliphatic carbocycles. The molecule has 5 nitrogen and oxygen atoms in total. The van der Waals surface area contributed by atoms with Gasteiger partial charge in [-0.2, -0.15) is 0 Å². The fourth-order valence-electron chi connectivity index (χ4n) is 3.75. The first-order chi connectivity index (χ1) is 16.4. The summed E-state index contributed by atoms with van der Waals surface area (Å²) < 4.78 is 11.5. The molecule has 0 radical (unpaired) electrons. The van der Waals surface area contributed by atoms with Crippen LogP contribution in [0.3, 0.4) is 0 Å². The van der Waals surface area contributed by atoms with Gasteiger partial charge >= 0.3 is 29.6 Å². The van der Waals surface area contributed by atoms with Crippen LogP contribution in [0.5, 0.6) is 17.2 Å². The van der Waals surface area contributed by atoms with E-state index < -0.39 is 11.9 Å². The Hall–Kier alpha value is -1.96. The number of ketones is 1. The van der Waals surface area contributed by atoms with E-state index >= 15 is 0 Å². The normalized spacial score (nSPS) is 14.3. The molecule has 0 spiro atoms. The number of hydrogen-bond donors (Lipinski definition) is 0. The van der Waals surface area contributed by atoms with E-state index in [4.69, 9.17) is 21.1 Å². The number of aliphatic carboxylic acids is 1.